The van der Waals surface area contributed by atoms with Crippen LogP contribution < -0.4 is 5.32 Å². The molecule has 2 fully saturated rings. The van der Waals surface area contributed by atoms with Gasteiger partial charge < -0.3 is 19.9 Å². The highest BCUT2D eigenvalue weighted by Gasteiger charge is 2.20. The van der Waals surface area contributed by atoms with Crippen LogP contribution in [0.15, 0.2) is 30.5 Å². The van der Waals surface area contributed by atoms with Crippen molar-refractivity contribution in [3.8, 4) is 10.6 Å². The average molecular weight is 567 g/mol. The van der Waals surface area contributed by atoms with E-state index in [1.807, 2.05) is 29.3 Å². The smallest absolute Gasteiger partial charge is 0.254 e. The fourth-order valence-corrected chi connectivity index (χ4v) is 6.11. The van der Waals surface area contributed by atoms with E-state index in [0.717, 1.165) is 50.7 Å². The summed E-state index contributed by atoms with van der Waals surface area (Å²) in [5, 5.41) is 4.57. The molecule has 1 aromatic carbocycles. The highest BCUT2D eigenvalue weighted by Crippen LogP contribution is 2.35. The molecule has 0 unspecified atom stereocenters. The van der Waals surface area contributed by atoms with Crippen LogP contribution in [0.25, 0.3) is 20.7 Å². The number of morpholine rings is 1. The molecule has 2 aliphatic rings. The lowest BCUT2D eigenvalue weighted by Crippen LogP contribution is -2.40. The number of amides is 1. The zero-order chi connectivity index (χ0) is 24.2. The van der Waals surface area contributed by atoms with E-state index in [0.29, 0.717) is 32.3 Å². The van der Waals surface area contributed by atoms with E-state index in [-0.39, 0.29) is 30.7 Å². The van der Waals surface area contributed by atoms with E-state index in [1.54, 1.807) is 11.3 Å². The minimum absolute atomic E-state index is 0. The van der Waals surface area contributed by atoms with Gasteiger partial charge in [-0.3, -0.25) is 4.79 Å². The summed E-state index contributed by atoms with van der Waals surface area (Å²) >= 11 is 1.68. The Balaban J connectivity index is 0.00000190. The fraction of sp³-hybridized carbons (Fsp3) is 0.519. The number of anilines is 1. The van der Waals surface area contributed by atoms with E-state index in [4.69, 9.17) is 9.72 Å². The standard InChI is InChI=1S/C27H35N5O2S.2ClH/c1-19-18-29-27(28-9-3-4-20-7-10-31(2)11-8-20)30-25(19)24-16-21-5-6-22(17-23(21)35-24)26(33)32-12-14-34-15-13-32;;/h5-6,16-18,20H,3-4,7-15H2,1-2H3,(H,28,29,30);2*1H. The Bertz CT molecular complexity index is 1180. The Hall–Kier alpha value is -1.97. The number of hydrogen-bond acceptors (Lipinski definition) is 7. The molecular weight excluding hydrogens is 529 g/mol. The quantitative estimate of drug-likeness (QED) is 0.380. The van der Waals surface area contributed by atoms with Gasteiger partial charge in [0.05, 0.1) is 23.8 Å². The number of fused-ring (bicyclic) bond motifs is 1. The Labute approximate surface area is 235 Å². The van der Waals surface area contributed by atoms with Gasteiger partial charge in [0.15, 0.2) is 0 Å². The molecule has 2 aromatic heterocycles. The first-order valence-electron chi connectivity index (χ1n) is 12.7. The maximum Gasteiger partial charge on any atom is 0.254 e. The maximum absolute atomic E-state index is 12.9. The van der Waals surface area contributed by atoms with Crippen molar-refractivity contribution in [2.24, 2.45) is 5.92 Å². The number of ether oxygens (including phenoxy) is 1. The number of carbonyl (C=O) groups excluding carboxylic acids is 1. The van der Waals surface area contributed by atoms with Crippen molar-refractivity contribution in [2.45, 2.75) is 32.6 Å². The number of halogens is 2. The molecule has 2 saturated heterocycles. The van der Waals surface area contributed by atoms with Gasteiger partial charge in [-0.2, -0.15) is 0 Å². The van der Waals surface area contributed by atoms with E-state index in [2.05, 4.69) is 35.2 Å². The zero-order valence-corrected chi connectivity index (χ0v) is 24.0. The van der Waals surface area contributed by atoms with E-state index in [9.17, 15) is 4.79 Å². The Morgan fingerprint density at radius 2 is 1.89 bits per heavy atom. The molecule has 0 bridgehead atoms. The summed E-state index contributed by atoms with van der Waals surface area (Å²) in [6, 6.07) is 8.16. The zero-order valence-electron chi connectivity index (χ0n) is 21.6. The number of rotatable bonds is 7. The molecule has 37 heavy (non-hydrogen) atoms. The fourth-order valence-electron chi connectivity index (χ4n) is 4.95. The predicted octanol–water partition coefficient (Wildman–Crippen LogP) is 5.52. The van der Waals surface area contributed by atoms with Crippen molar-refractivity contribution in [3.05, 3.63) is 41.6 Å². The van der Waals surface area contributed by atoms with E-state index in [1.165, 1.54) is 32.4 Å². The number of nitrogens with zero attached hydrogens (tertiary/aromatic N) is 4. The summed E-state index contributed by atoms with van der Waals surface area (Å²) in [5.74, 6) is 1.62. The van der Waals surface area contributed by atoms with E-state index < -0.39 is 0 Å². The maximum atomic E-state index is 12.9. The molecule has 0 aliphatic carbocycles. The van der Waals surface area contributed by atoms with Crippen LogP contribution in [0.2, 0.25) is 0 Å². The summed E-state index contributed by atoms with van der Waals surface area (Å²) in [6.45, 7) is 7.92. The van der Waals surface area contributed by atoms with Crippen molar-refractivity contribution >= 4 is 58.1 Å². The normalized spacial score (nSPS) is 16.8. The number of benzene rings is 1. The molecule has 4 heterocycles. The van der Waals surface area contributed by atoms with E-state index >= 15 is 0 Å². The molecule has 1 N–H and O–H groups in total. The molecule has 1 amide bonds. The first-order chi connectivity index (χ1) is 17.1. The molecule has 2 aliphatic heterocycles. The third kappa shape index (κ3) is 7.33. The number of likely N-dealkylation sites (tertiary alicyclic amines) is 1. The molecular formula is C27H37Cl2N5O2S. The molecule has 10 heteroatoms. The molecule has 7 nitrogen and oxygen atoms in total. The average Bonchev–Trinajstić information content (AvgIpc) is 3.32. The van der Waals surface area contributed by atoms with Gasteiger partial charge in [-0.15, -0.1) is 36.2 Å². The molecule has 0 spiro atoms. The largest absolute Gasteiger partial charge is 0.378 e. The second-order valence-corrected chi connectivity index (χ2v) is 10.9. The van der Waals surface area contributed by atoms with Gasteiger partial charge in [-0.1, -0.05) is 6.07 Å². The number of aryl methyl sites for hydroxylation is 1. The van der Waals surface area contributed by atoms with Crippen molar-refractivity contribution < 1.29 is 9.53 Å². The minimum atomic E-state index is 0. The number of piperidine rings is 1. The number of carbonyl (C=O) groups is 1. The molecule has 202 valence electrons. The number of hydrogen-bond donors (Lipinski definition) is 1. The summed E-state index contributed by atoms with van der Waals surface area (Å²) in [6.07, 6.45) is 6.94. The van der Waals surface area contributed by atoms with Gasteiger partial charge in [-0.25, -0.2) is 9.97 Å². The van der Waals surface area contributed by atoms with Crippen LogP contribution in [0, 0.1) is 12.8 Å². The molecule has 3 aromatic rings. The SMILES string of the molecule is Cc1cnc(NCCCC2CCN(C)CC2)nc1-c1cc2ccc(C(=O)N3CCOCC3)cc2s1.Cl.Cl. The minimum Gasteiger partial charge on any atom is -0.378 e. The van der Waals surface area contributed by atoms with Crippen LogP contribution in [-0.2, 0) is 4.74 Å². The monoisotopic (exact) mass is 565 g/mol. The summed E-state index contributed by atoms with van der Waals surface area (Å²) in [5.41, 5.74) is 2.75. The first-order valence-corrected chi connectivity index (χ1v) is 13.6. The lowest BCUT2D eigenvalue weighted by molar-refractivity contribution is 0.0303. The lowest BCUT2D eigenvalue weighted by atomic mass is 9.92. The Morgan fingerprint density at radius 1 is 1.14 bits per heavy atom. The van der Waals surface area contributed by atoms with Crippen molar-refractivity contribution in [1.82, 2.24) is 19.8 Å². The van der Waals surface area contributed by atoms with Crippen LogP contribution >= 0.6 is 36.2 Å². The van der Waals surface area contributed by atoms with Crippen molar-refractivity contribution in [2.75, 3.05) is 58.3 Å². The second-order valence-electron chi connectivity index (χ2n) is 9.81. The van der Waals surface area contributed by atoms with Crippen LogP contribution in [0.5, 0.6) is 0 Å². The highest BCUT2D eigenvalue weighted by atomic mass is 35.5. The van der Waals surface area contributed by atoms with Gasteiger partial charge in [0.25, 0.3) is 5.91 Å². The third-order valence-electron chi connectivity index (χ3n) is 7.18. The molecule has 0 atom stereocenters. The van der Waals surface area contributed by atoms with Crippen molar-refractivity contribution in [1.29, 1.82) is 0 Å². The molecule has 0 saturated carbocycles. The van der Waals surface area contributed by atoms with Gasteiger partial charge in [-0.05, 0) is 87.8 Å². The highest BCUT2D eigenvalue weighted by molar-refractivity contribution is 7.22. The van der Waals surface area contributed by atoms with Gasteiger partial charge in [0, 0.05) is 36.1 Å². The Kier molecular flexibility index (Phi) is 11.0. The van der Waals surface area contributed by atoms with Gasteiger partial charge in [0.1, 0.15) is 0 Å². The van der Waals surface area contributed by atoms with Crippen LogP contribution in [0.4, 0.5) is 5.95 Å². The summed E-state index contributed by atoms with van der Waals surface area (Å²) in [7, 11) is 2.21. The van der Waals surface area contributed by atoms with Crippen LogP contribution in [0.3, 0.4) is 0 Å². The topological polar surface area (TPSA) is 70.6 Å². The summed E-state index contributed by atoms with van der Waals surface area (Å²) in [4.78, 5) is 27.7. The van der Waals surface area contributed by atoms with Crippen LogP contribution in [0.1, 0.15) is 41.6 Å². The van der Waals surface area contributed by atoms with Gasteiger partial charge in [0.2, 0.25) is 5.95 Å². The first kappa shape index (κ1) is 29.6. The third-order valence-corrected chi connectivity index (χ3v) is 8.29. The van der Waals surface area contributed by atoms with Crippen LogP contribution in [-0.4, -0.2) is 78.7 Å². The number of thiophene rings is 1. The molecule has 5 rings (SSSR count). The number of nitrogens with one attached hydrogen (secondary N) is 1. The summed E-state index contributed by atoms with van der Waals surface area (Å²) < 4.78 is 6.48. The Morgan fingerprint density at radius 3 is 2.65 bits per heavy atom. The lowest BCUT2D eigenvalue weighted by Gasteiger charge is -2.28. The predicted molar refractivity (Wildman–Crippen MR) is 157 cm³/mol. The molecule has 0 radical (unpaired) electrons. The van der Waals surface area contributed by atoms with Gasteiger partial charge >= 0.3 is 0 Å². The van der Waals surface area contributed by atoms with Crippen molar-refractivity contribution in [3.63, 3.8) is 0 Å². The number of aromatic nitrogens is 2. The second kappa shape index (κ2) is 13.7.